The zero-order valence-electron chi connectivity index (χ0n) is 11.7. The number of morpholine rings is 1. The summed E-state index contributed by atoms with van der Waals surface area (Å²) in [5, 5.41) is 4.21. The molecule has 1 amide bonds. The third-order valence-corrected chi connectivity index (χ3v) is 4.16. The fraction of sp³-hybridized carbons (Fsp3) is 0.500. The third kappa shape index (κ3) is 2.13. The van der Waals surface area contributed by atoms with E-state index in [9.17, 15) is 4.79 Å². The molecule has 0 aromatic carbocycles. The summed E-state index contributed by atoms with van der Waals surface area (Å²) in [6.07, 6.45) is 5.33. The van der Waals surface area contributed by atoms with Crippen LogP contribution in [0.2, 0.25) is 0 Å². The highest BCUT2D eigenvalue weighted by Gasteiger charge is 2.37. The highest BCUT2D eigenvalue weighted by atomic mass is 16.5. The van der Waals surface area contributed by atoms with E-state index in [1.807, 2.05) is 17.2 Å². The topological polar surface area (TPSA) is 63.0 Å². The van der Waals surface area contributed by atoms with Gasteiger partial charge in [-0.3, -0.25) is 4.79 Å². The van der Waals surface area contributed by atoms with Gasteiger partial charge in [0.25, 0.3) is 0 Å². The molecule has 2 aliphatic rings. The molecule has 2 aromatic rings. The average molecular weight is 287 g/mol. The van der Waals surface area contributed by atoms with Crippen LogP contribution in [0.5, 0.6) is 0 Å². The number of hydrogen-bond donors (Lipinski definition) is 0. The summed E-state index contributed by atoms with van der Waals surface area (Å²) in [6.45, 7) is 4.19. The zero-order valence-corrected chi connectivity index (χ0v) is 11.7. The minimum Gasteiger partial charge on any atom is -0.378 e. The van der Waals surface area contributed by atoms with Crippen molar-refractivity contribution in [2.24, 2.45) is 5.92 Å². The number of rotatable bonds is 2. The quantitative estimate of drug-likeness (QED) is 0.779. The number of carbonyl (C=O) groups is 1. The van der Waals surface area contributed by atoms with Gasteiger partial charge in [-0.2, -0.15) is 5.10 Å². The lowest BCUT2D eigenvalue weighted by atomic mass is 9.98. The Labute approximate surface area is 122 Å². The molecule has 0 atom stereocenters. The predicted molar refractivity (Wildman–Crippen MR) is 76.1 cm³/mol. The molecule has 0 saturated carbocycles. The molecule has 2 fully saturated rings. The van der Waals surface area contributed by atoms with Crippen LogP contribution in [0.1, 0.15) is 0 Å². The molecule has 0 unspecified atom stereocenters. The van der Waals surface area contributed by atoms with Crippen molar-refractivity contribution in [3.05, 3.63) is 24.7 Å². The van der Waals surface area contributed by atoms with Crippen LogP contribution in [0, 0.1) is 5.92 Å². The number of hydrogen-bond acceptors (Lipinski definition) is 5. The number of nitrogens with zero attached hydrogens (tertiary/aromatic N) is 5. The summed E-state index contributed by atoms with van der Waals surface area (Å²) in [5.41, 5.74) is 0.981. The molecule has 7 nitrogen and oxygen atoms in total. The molecule has 0 aliphatic carbocycles. The second-order valence-corrected chi connectivity index (χ2v) is 5.45. The first kappa shape index (κ1) is 12.6. The molecule has 0 spiro atoms. The van der Waals surface area contributed by atoms with E-state index in [2.05, 4.69) is 15.0 Å². The van der Waals surface area contributed by atoms with Gasteiger partial charge in [0, 0.05) is 38.6 Å². The number of fused-ring (bicyclic) bond motifs is 1. The standard InChI is InChI=1S/C14H17N5O2/c20-14(17-5-7-21-8-6-17)11-9-18(10-11)13-12-1-2-16-19(12)4-3-15-13/h1-4,11H,5-10H2. The number of amides is 1. The van der Waals surface area contributed by atoms with Crippen LogP contribution in [-0.4, -0.2) is 64.8 Å². The van der Waals surface area contributed by atoms with Crippen molar-refractivity contribution < 1.29 is 9.53 Å². The fourth-order valence-electron chi connectivity index (χ4n) is 2.94. The lowest BCUT2D eigenvalue weighted by Crippen LogP contribution is -2.56. The van der Waals surface area contributed by atoms with E-state index < -0.39 is 0 Å². The first-order valence-electron chi connectivity index (χ1n) is 7.23. The Morgan fingerprint density at radius 1 is 1.24 bits per heavy atom. The van der Waals surface area contributed by atoms with Crippen LogP contribution in [0.3, 0.4) is 0 Å². The minimum absolute atomic E-state index is 0.0769. The van der Waals surface area contributed by atoms with E-state index in [0.29, 0.717) is 26.3 Å². The molecule has 0 radical (unpaired) electrons. The molecule has 7 heteroatoms. The van der Waals surface area contributed by atoms with Crippen molar-refractivity contribution in [2.45, 2.75) is 0 Å². The van der Waals surface area contributed by atoms with Crippen molar-refractivity contribution in [1.29, 1.82) is 0 Å². The van der Waals surface area contributed by atoms with Crippen molar-refractivity contribution in [1.82, 2.24) is 19.5 Å². The second kappa shape index (κ2) is 5.00. The van der Waals surface area contributed by atoms with Crippen LogP contribution in [0.25, 0.3) is 5.52 Å². The monoisotopic (exact) mass is 287 g/mol. The number of ether oxygens (including phenoxy) is 1. The summed E-state index contributed by atoms with van der Waals surface area (Å²) in [6, 6.07) is 1.94. The molecule has 0 N–H and O–H groups in total. The molecule has 0 bridgehead atoms. The second-order valence-electron chi connectivity index (χ2n) is 5.45. The normalized spacial score (nSPS) is 19.8. The zero-order chi connectivity index (χ0) is 14.2. The molecule has 4 heterocycles. The van der Waals surface area contributed by atoms with E-state index in [-0.39, 0.29) is 11.8 Å². The van der Waals surface area contributed by atoms with Gasteiger partial charge in [-0.25, -0.2) is 9.50 Å². The SMILES string of the molecule is O=C(C1CN(c2nccn3nccc23)C1)N1CCOCC1. The van der Waals surface area contributed by atoms with Gasteiger partial charge in [-0.1, -0.05) is 0 Å². The number of carbonyl (C=O) groups excluding carboxylic acids is 1. The molecule has 21 heavy (non-hydrogen) atoms. The fourth-order valence-corrected chi connectivity index (χ4v) is 2.94. The van der Waals surface area contributed by atoms with Gasteiger partial charge in [0.05, 0.1) is 25.3 Å². The molecular weight excluding hydrogens is 270 g/mol. The number of aromatic nitrogens is 3. The van der Waals surface area contributed by atoms with Gasteiger partial charge in [0.2, 0.25) is 5.91 Å². The lowest BCUT2D eigenvalue weighted by molar-refractivity contribution is -0.140. The Morgan fingerprint density at radius 2 is 2.05 bits per heavy atom. The van der Waals surface area contributed by atoms with Gasteiger partial charge in [0.1, 0.15) is 5.52 Å². The van der Waals surface area contributed by atoms with E-state index >= 15 is 0 Å². The Bertz CT molecular complexity index is 658. The maximum atomic E-state index is 12.4. The van der Waals surface area contributed by atoms with Crippen molar-refractivity contribution in [3.63, 3.8) is 0 Å². The summed E-state index contributed by atoms with van der Waals surface area (Å²) in [5.74, 6) is 1.23. The van der Waals surface area contributed by atoms with Gasteiger partial charge < -0.3 is 14.5 Å². The van der Waals surface area contributed by atoms with Crippen LogP contribution in [0.15, 0.2) is 24.7 Å². The Balaban J connectivity index is 1.45. The maximum absolute atomic E-state index is 12.4. The maximum Gasteiger partial charge on any atom is 0.229 e. The third-order valence-electron chi connectivity index (χ3n) is 4.16. The number of anilines is 1. The van der Waals surface area contributed by atoms with Crippen LogP contribution >= 0.6 is 0 Å². The highest BCUT2D eigenvalue weighted by molar-refractivity contribution is 5.83. The average Bonchev–Trinajstić information content (AvgIpc) is 2.96. The predicted octanol–water partition coefficient (Wildman–Crippen LogP) is 0.0243. The van der Waals surface area contributed by atoms with Crippen molar-refractivity contribution >= 4 is 17.2 Å². The van der Waals surface area contributed by atoms with Crippen molar-refractivity contribution in [2.75, 3.05) is 44.3 Å². The van der Waals surface area contributed by atoms with Gasteiger partial charge in [0.15, 0.2) is 5.82 Å². The molecular formula is C14H17N5O2. The molecule has 2 aromatic heterocycles. The summed E-state index contributed by atoms with van der Waals surface area (Å²) in [4.78, 5) is 20.9. The summed E-state index contributed by atoms with van der Waals surface area (Å²) in [7, 11) is 0. The van der Waals surface area contributed by atoms with E-state index in [4.69, 9.17) is 4.74 Å². The Kier molecular flexibility index (Phi) is 2.99. The van der Waals surface area contributed by atoms with Crippen molar-refractivity contribution in [3.8, 4) is 0 Å². The largest absolute Gasteiger partial charge is 0.378 e. The Hall–Kier alpha value is -2.15. The lowest BCUT2D eigenvalue weighted by Gasteiger charge is -2.42. The molecule has 4 rings (SSSR count). The van der Waals surface area contributed by atoms with Crippen LogP contribution < -0.4 is 4.90 Å². The Morgan fingerprint density at radius 3 is 2.86 bits per heavy atom. The smallest absolute Gasteiger partial charge is 0.229 e. The van der Waals surface area contributed by atoms with Gasteiger partial charge >= 0.3 is 0 Å². The van der Waals surface area contributed by atoms with Gasteiger partial charge in [-0.15, -0.1) is 0 Å². The van der Waals surface area contributed by atoms with Crippen LogP contribution in [0.4, 0.5) is 5.82 Å². The summed E-state index contributed by atoms with van der Waals surface area (Å²) >= 11 is 0. The summed E-state index contributed by atoms with van der Waals surface area (Å²) < 4.78 is 7.09. The van der Waals surface area contributed by atoms with Crippen LogP contribution in [-0.2, 0) is 9.53 Å². The minimum atomic E-state index is 0.0769. The van der Waals surface area contributed by atoms with E-state index in [1.165, 1.54) is 0 Å². The van der Waals surface area contributed by atoms with Gasteiger partial charge in [-0.05, 0) is 6.07 Å². The first-order valence-corrected chi connectivity index (χ1v) is 7.23. The van der Waals surface area contributed by atoms with E-state index in [0.717, 1.165) is 24.4 Å². The highest BCUT2D eigenvalue weighted by Crippen LogP contribution is 2.27. The van der Waals surface area contributed by atoms with E-state index in [1.54, 1.807) is 16.9 Å². The molecule has 2 aliphatic heterocycles. The molecule has 2 saturated heterocycles. The first-order chi connectivity index (χ1) is 10.3. The molecule has 110 valence electrons.